The Morgan fingerprint density at radius 1 is 0.818 bits per heavy atom. The molecule has 0 amide bonds. The van der Waals surface area contributed by atoms with E-state index < -0.39 is 89.0 Å². The zero-order valence-corrected chi connectivity index (χ0v) is 23.9. The molecule has 0 spiro atoms. The molecule has 44 heavy (non-hydrogen) atoms. The highest BCUT2D eigenvalue weighted by molar-refractivity contribution is 6.02. The van der Waals surface area contributed by atoms with Gasteiger partial charge in [-0.15, -0.1) is 0 Å². The lowest BCUT2D eigenvalue weighted by Crippen LogP contribution is -2.63. The van der Waals surface area contributed by atoms with Crippen molar-refractivity contribution in [1.82, 2.24) is 0 Å². The number of hydrogen-bond donors (Lipinski definition) is 2. The van der Waals surface area contributed by atoms with Crippen molar-refractivity contribution in [3.05, 3.63) is 57.6 Å². The summed E-state index contributed by atoms with van der Waals surface area (Å²) in [6.45, 7) is 3.75. The smallest absolute Gasteiger partial charge is 0.303 e. The fourth-order valence-corrected chi connectivity index (χ4v) is 4.37. The highest BCUT2D eigenvalue weighted by Crippen LogP contribution is 2.36. The Balaban J connectivity index is 1.93. The molecule has 2 N–H and O–H groups in total. The van der Waals surface area contributed by atoms with Crippen molar-refractivity contribution in [3.8, 4) is 17.2 Å². The number of Topliss-reactive ketones (excluding diaryl/α,β-unsaturated/α-hetero) is 1. The maximum absolute atomic E-state index is 12.9. The topological polar surface area (TPSA) is 224 Å². The standard InChI is InChI=1S/C28H29NO15/c1-13(30)39-12-23-25(40-14(2)31)26(41-15(3)32)27(42-16(4)33)28(44-23)43-19-10-21(35)24(22(36)11-19)20(34)9-17-5-7-18(8-6-17)29(37)38/h5-8,10-11,23,25-28,35-36H,9,12H2,1-4H3/t23-,25-,26+,27-,28?/m1/s1. The number of hydrogen-bond acceptors (Lipinski definition) is 15. The zero-order chi connectivity index (χ0) is 32.7. The summed E-state index contributed by atoms with van der Waals surface area (Å²) in [5.74, 6) is -5.73. The van der Waals surface area contributed by atoms with Gasteiger partial charge in [-0.2, -0.15) is 0 Å². The van der Waals surface area contributed by atoms with E-state index >= 15 is 0 Å². The van der Waals surface area contributed by atoms with Gasteiger partial charge in [0.05, 0.1) is 4.92 Å². The fourth-order valence-electron chi connectivity index (χ4n) is 4.37. The average molecular weight is 620 g/mol. The summed E-state index contributed by atoms with van der Waals surface area (Å²) < 4.78 is 32.5. The van der Waals surface area contributed by atoms with Crippen molar-refractivity contribution < 1.29 is 67.5 Å². The van der Waals surface area contributed by atoms with Gasteiger partial charge in [-0.3, -0.25) is 34.1 Å². The first-order chi connectivity index (χ1) is 20.7. The summed E-state index contributed by atoms with van der Waals surface area (Å²) in [4.78, 5) is 70.5. The van der Waals surface area contributed by atoms with Gasteiger partial charge in [0.1, 0.15) is 35.5 Å². The molecular formula is C28H29NO15. The number of carbonyl (C=O) groups is 5. The molecule has 0 aliphatic carbocycles. The predicted molar refractivity (Wildman–Crippen MR) is 143 cm³/mol. The molecule has 0 aromatic heterocycles. The number of ketones is 1. The van der Waals surface area contributed by atoms with E-state index in [9.17, 15) is 44.3 Å². The third kappa shape index (κ3) is 8.64. The molecule has 236 valence electrons. The van der Waals surface area contributed by atoms with Crippen LogP contribution in [0.3, 0.4) is 0 Å². The van der Waals surface area contributed by atoms with E-state index in [-0.39, 0.29) is 17.9 Å². The summed E-state index contributed by atoms with van der Waals surface area (Å²) >= 11 is 0. The molecule has 0 bridgehead atoms. The van der Waals surface area contributed by atoms with E-state index in [0.29, 0.717) is 5.56 Å². The maximum atomic E-state index is 12.9. The number of nitro benzene ring substituents is 1. The molecule has 2 aromatic carbocycles. The normalized spacial score (nSPS) is 21.0. The highest BCUT2D eigenvalue weighted by Gasteiger charge is 2.53. The second-order valence-corrected chi connectivity index (χ2v) is 9.55. The van der Waals surface area contributed by atoms with Gasteiger partial charge in [0, 0.05) is 58.4 Å². The number of rotatable bonds is 11. The van der Waals surface area contributed by atoms with Crippen molar-refractivity contribution in [2.24, 2.45) is 0 Å². The number of non-ortho nitro benzene ring substituents is 1. The molecule has 16 heteroatoms. The number of nitrogens with zero attached hydrogens (tertiary/aromatic N) is 1. The Hall–Kier alpha value is -5.25. The van der Waals surface area contributed by atoms with Gasteiger partial charge in [-0.05, 0) is 5.56 Å². The van der Waals surface area contributed by atoms with Gasteiger partial charge in [-0.1, -0.05) is 12.1 Å². The van der Waals surface area contributed by atoms with E-state index in [4.69, 9.17) is 28.4 Å². The monoisotopic (exact) mass is 619 g/mol. The molecule has 1 fully saturated rings. The van der Waals surface area contributed by atoms with Crippen LogP contribution in [0.25, 0.3) is 0 Å². The third-order valence-corrected chi connectivity index (χ3v) is 6.06. The number of carbonyl (C=O) groups excluding carboxylic acids is 5. The molecular weight excluding hydrogens is 590 g/mol. The quantitative estimate of drug-likeness (QED) is 0.120. The van der Waals surface area contributed by atoms with Gasteiger partial charge in [0.2, 0.25) is 12.4 Å². The summed E-state index contributed by atoms with van der Waals surface area (Å²) in [5.41, 5.74) is -0.287. The molecule has 1 unspecified atom stereocenters. The van der Waals surface area contributed by atoms with Crippen LogP contribution in [0.1, 0.15) is 43.6 Å². The van der Waals surface area contributed by atoms with Crippen LogP contribution in [0.2, 0.25) is 0 Å². The largest absolute Gasteiger partial charge is 0.507 e. The van der Waals surface area contributed by atoms with Gasteiger partial charge < -0.3 is 38.6 Å². The Morgan fingerprint density at radius 3 is 1.84 bits per heavy atom. The Bertz CT molecular complexity index is 1410. The van der Waals surface area contributed by atoms with Crippen molar-refractivity contribution in [2.45, 2.75) is 64.8 Å². The van der Waals surface area contributed by atoms with E-state index in [1.54, 1.807) is 0 Å². The zero-order valence-electron chi connectivity index (χ0n) is 23.9. The van der Waals surface area contributed by atoms with Crippen LogP contribution >= 0.6 is 0 Å². The van der Waals surface area contributed by atoms with Crippen molar-refractivity contribution in [3.63, 3.8) is 0 Å². The first-order valence-corrected chi connectivity index (χ1v) is 13.0. The van der Waals surface area contributed by atoms with E-state index in [1.165, 1.54) is 24.3 Å². The lowest BCUT2D eigenvalue weighted by molar-refractivity contribution is -0.384. The van der Waals surface area contributed by atoms with Gasteiger partial charge in [0.25, 0.3) is 5.69 Å². The number of ether oxygens (including phenoxy) is 6. The van der Waals surface area contributed by atoms with Crippen LogP contribution in [-0.4, -0.2) is 82.1 Å². The second-order valence-electron chi connectivity index (χ2n) is 9.55. The summed E-state index contributed by atoms with van der Waals surface area (Å²) in [6, 6.07) is 7.02. The SMILES string of the molecule is CC(=O)OC[C@H]1OC(Oc2cc(O)c(C(=O)Cc3ccc([N+](=O)[O-])cc3)c(O)c2)[C@H](OC(C)=O)[C@@H](OC(C)=O)[C@@H]1OC(C)=O. The second kappa shape index (κ2) is 14.3. The van der Waals surface area contributed by atoms with Crippen molar-refractivity contribution >= 4 is 35.3 Å². The molecule has 5 atom stereocenters. The molecule has 16 nitrogen and oxygen atoms in total. The van der Waals surface area contributed by atoms with Gasteiger partial charge in [-0.25, -0.2) is 0 Å². The summed E-state index contributed by atoms with van der Waals surface area (Å²) in [5, 5.41) is 32.1. The number of aromatic hydroxyl groups is 2. The van der Waals surface area contributed by atoms with Crippen LogP contribution in [0.15, 0.2) is 36.4 Å². The molecule has 1 aliphatic rings. The van der Waals surface area contributed by atoms with Crippen LogP contribution in [0.5, 0.6) is 17.2 Å². The Kier molecular flexibility index (Phi) is 10.8. The minimum absolute atomic E-state index is 0.185. The maximum Gasteiger partial charge on any atom is 0.303 e. The summed E-state index contributed by atoms with van der Waals surface area (Å²) in [7, 11) is 0. The number of phenols is 2. The van der Waals surface area contributed by atoms with Gasteiger partial charge >= 0.3 is 23.9 Å². The van der Waals surface area contributed by atoms with E-state index in [2.05, 4.69) is 0 Å². The lowest BCUT2D eigenvalue weighted by Gasteiger charge is -2.43. The van der Waals surface area contributed by atoms with Crippen LogP contribution in [0.4, 0.5) is 5.69 Å². The minimum Gasteiger partial charge on any atom is -0.507 e. The van der Waals surface area contributed by atoms with E-state index in [0.717, 1.165) is 39.8 Å². The third-order valence-electron chi connectivity index (χ3n) is 6.06. The van der Waals surface area contributed by atoms with Crippen molar-refractivity contribution in [2.75, 3.05) is 6.61 Å². The lowest BCUT2D eigenvalue weighted by atomic mass is 9.98. The molecule has 1 aliphatic heterocycles. The van der Waals surface area contributed by atoms with Crippen molar-refractivity contribution in [1.29, 1.82) is 0 Å². The number of nitro groups is 1. The van der Waals surface area contributed by atoms with Crippen LogP contribution < -0.4 is 4.74 Å². The van der Waals surface area contributed by atoms with E-state index in [1.807, 2.05) is 0 Å². The summed E-state index contributed by atoms with van der Waals surface area (Å²) in [6.07, 6.45) is -7.82. The van der Waals surface area contributed by atoms with Gasteiger partial charge in [0.15, 0.2) is 18.0 Å². The van der Waals surface area contributed by atoms with Crippen LogP contribution in [-0.2, 0) is 49.3 Å². The molecule has 0 radical (unpaired) electrons. The Morgan fingerprint density at radius 2 is 1.34 bits per heavy atom. The highest BCUT2D eigenvalue weighted by atomic mass is 16.7. The predicted octanol–water partition coefficient (Wildman–Crippen LogP) is 1.89. The molecule has 2 aromatic rings. The number of phenolic OH excluding ortho intramolecular Hbond substituents is 2. The molecule has 1 saturated heterocycles. The molecule has 1 heterocycles. The fraction of sp³-hybridized carbons (Fsp3) is 0.393. The van der Waals surface area contributed by atoms with Crippen LogP contribution in [0, 0.1) is 10.1 Å². The minimum atomic E-state index is -1.66. The molecule has 3 rings (SSSR count). The number of benzene rings is 2. The molecule has 0 saturated carbocycles. The average Bonchev–Trinajstić information content (AvgIpc) is 2.90. The Labute approximate surface area is 249 Å². The first kappa shape index (κ1) is 33.3. The first-order valence-electron chi connectivity index (χ1n) is 13.0. The number of esters is 4.